The van der Waals surface area contributed by atoms with Crippen LogP contribution >= 0.6 is 11.6 Å². The largest absolute Gasteiger partial charge is 0.314 e. The van der Waals surface area contributed by atoms with Gasteiger partial charge in [0.05, 0.1) is 0 Å². The maximum absolute atomic E-state index is 12.1. The molecule has 7 heteroatoms. The molecule has 0 aliphatic heterocycles. The molecule has 20 heavy (non-hydrogen) atoms. The summed E-state index contributed by atoms with van der Waals surface area (Å²) in [6, 6.07) is 6.96. The first-order valence-corrected chi connectivity index (χ1v) is 8.36. The molecule has 0 spiro atoms. The molecule has 5 nitrogen and oxygen atoms in total. The predicted molar refractivity (Wildman–Crippen MR) is 84.4 cm³/mol. The van der Waals surface area contributed by atoms with Crippen molar-refractivity contribution in [3.05, 3.63) is 29.3 Å². The number of hydrogen-bond acceptors (Lipinski definition) is 3. The van der Waals surface area contributed by atoms with Crippen LogP contribution in [0.4, 0.5) is 5.69 Å². The molecule has 0 saturated carbocycles. The smallest absolute Gasteiger partial charge is 0.301 e. The first-order valence-electron chi connectivity index (χ1n) is 6.54. The van der Waals surface area contributed by atoms with E-state index in [4.69, 9.17) is 11.6 Å². The Kier molecular flexibility index (Phi) is 6.75. The van der Waals surface area contributed by atoms with Crippen LogP contribution in [-0.2, 0) is 10.2 Å². The van der Waals surface area contributed by atoms with Gasteiger partial charge in [-0.1, -0.05) is 25.4 Å². The average molecular weight is 320 g/mol. The zero-order chi connectivity index (χ0) is 15.2. The van der Waals surface area contributed by atoms with Gasteiger partial charge in [0.1, 0.15) is 0 Å². The highest BCUT2D eigenvalue weighted by Crippen LogP contribution is 2.15. The Bertz CT molecular complexity index is 503. The molecular weight excluding hydrogens is 298 g/mol. The van der Waals surface area contributed by atoms with Crippen molar-refractivity contribution >= 4 is 27.5 Å². The second kappa shape index (κ2) is 7.83. The number of anilines is 1. The average Bonchev–Trinajstić information content (AvgIpc) is 2.36. The lowest BCUT2D eigenvalue weighted by Crippen LogP contribution is -2.35. The summed E-state index contributed by atoms with van der Waals surface area (Å²) in [7, 11) is -1.95. The molecule has 0 bridgehead atoms. The van der Waals surface area contributed by atoms with Crippen molar-refractivity contribution < 1.29 is 8.42 Å². The number of hydrogen-bond donors (Lipinski definition) is 2. The number of nitrogens with zero attached hydrogens (tertiary/aromatic N) is 1. The van der Waals surface area contributed by atoms with E-state index in [0.717, 1.165) is 13.0 Å². The van der Waals surface area contributed by atoms with E-state index in [1.165, 1.54) is 4.31 Å². The summed E-state index contributed by atoms with van der Waals surface area (Å²) >= 11 is 5.76. The Hall–Kier alpha value is -0.820. The summed E-state index contributed by atoms with van der Waals surface area (Å²) in [4.78, 5) is 0. The quantitative estimate of drug-likeness (QED) is 0.723. The van der Waals surface area contributed by atoms with Crippen molar-refractivity contribution in [1.82, 2.24) is 9.62 Å². The molecule has 1 rings (SSSR count). The molecule has 0 aliphatic carbocycles. The standard InChI is InChI=1S/C13H22ClN3O2S/c1-11(2)15-9-4-10-17(3)20(18,19)16-13-7-5-12(14)6-8-13/h5-8,11,15-16H,4,9-10H2,1-3H3. The fraction of sp³-hybridized carbons (Fsp3) is 0.538. The van der Waals surface area contributed by atoms with Gasteiger partial charge in [-0.3, -0.25) is 4.72 Å². The fourth-order valence-electron chi connectivity index (χ4n) is 1.56. The lowest BCUT2D eigenvalue weighted by Gasteiger charge is -2.18. The van der Waals surface area contributed by atoms with E-state index in [9.17, 15) is 8.42 Å². The molecule has 0 saturated heterocycles. The summed E-state index contributed by atoms with van der Waals surface area (Å²) in [5, 5.41) is 3.82. The first-order chi connectivity index (χ1) is 9.31. The van der Waals surface area contributed by atoms with Crippen LogP contribution in [0.2, 0.25) is 5.02 Å². The minimum absolute atomic E-state index is 0.407. The van der Waals surface area contributed by atoms with E-state index in [1.807, 2.05) is 0 Å². The molecule has 0 heterocycles. The van der Waals surface area contributed by atoms with Crippen LogP contribution in [0.3, 0.4) is 0 Å². The summed E-state index contributed by atoms with van der Waals surface area (Å²) in [5.41, 5.74) is 0.501. The van der Waals surface area contributed by atoms with E-state index in [0.29, 0.717) is 23.3 Å². The molecule has 0 fully saturated rings. The van der Waals surface area contributed by atoms with E-state index in [1.54, 1.807) is 31.3 Å². The van der Waals surface area contributed by atoms with Crippen molar-refractivity contribution in [3.63, 3.8) is 0 Å². The van der Waals surface area contributed by atoms with Crippen LogP contribution in [-0.4, -0.2) is 38.9 Å². The van der Waals surface area contributed by atoms with Crippen LogP contribution in [0.5, 0.6) is 0 Å². The van der Waals surface area contributed by atoms with E-state index in [2.05, 4.69) is 23.9 Å². The number of nitrogens with one attached hydrogen (secondary N) is 2. The molecule has 114 valence electrons. The Balaban J connectivity index is 2.48. The van der Waals surface area contributed by atoms with Gasteiger partial charge in [0, 0.05) is 30.3 Å². The molecule has 0 radical (unpaired) electrons. The topological polar surface area (TPSA) is 61.4 Å². The van der Waals surface area contributed by atoms with E-state index in [-0.39, 0.29) is 0 Å². The zero-order valence-electron chi connectivity index (χ0n) is 12.1. The summed E-state index contributed by atoms with van der Waals surface area (Å²) in [5.74, 6) is 0. The fourth-order valence-corrected chi connectivity index (χ4v) is 2.64. The third-order valence-corrected chi connectivity index (χ3v) is 4.45. The second-order valence-corrected chi connectivity index (χ2v) is 7.11. The Labute approximate surface area is 126 Å². The molecule has 0 aliphatic rings. The molecule has 0 aromatic heterocycles. The van der Waals surface area contributed by atoms with Crippen molar-refractivity contribution in [2.45, 2.75) is 26.3 Å². The van der Waals surface area contributed by atoms with Crippen LogP contribution < -0.4 is 10.0 Å². The van der Waals surface area contributed by atoms with Gasteiger partial charge < -0.3 is 5.32 Å². The van der Waals surface area contributed by atoms with Gasteiger partial charge in [-0.2, -0.15) is 12.7 Å². The molecule has 1 aromatic rings. The minimum Gasteiger partial charge on any atom is -0.314 e. The van der Waals surface area contributed by atoms with Crippen LogP contribution in [0.25, 0.3) is 0 Å². The molecule has 0 amide bonds. The van der Waals surface area contributed by atoms with Gasteiger partial charge in [0.15, 0.2) is 0 Å². The molecule has 1 aromatic carbocycles. The number of benzene rings is 1. The van der Waals surface area contributed by atoms with Gasteiger partial charge in [-0.15, -0.1) is 0 Å². The third kappa shape index (κ3) is 6.09. The summed E-state index contributed by atoms with van der Waals surface area (Å²) in [6.07, 6.45) is 0.760. The lowest BCUT2D eigenvalue weighted by atomic mass is 10.3. The van der Waals surface area contributed by atoms with Crippen LogP contribution in [0.1, 0.15) is 20.3 Å². The van der Waals surface area contributed by atoms with Crippen molar-refractivity contribution in [2.24, 2.45) is 0 Å². The maximum atomic E-state index is 12.1. The highest BCUT2D eigenvalue weighted by atomic mass is 35.5. The highest BCUT2D eigenvalue weighted by molar-refractivity contribution is 7.90. The van der Waals surface area contributed by atoms with Crippen LogP contribution in [0.15, 0.2) is 24.3 Å². The number of rotatable bonds is 8. The minimum atomic E-state index is -3.51. The van der Waals surface area contributed by atoms with E-state index >= 15 is 0 Å². The molecular formula is C13H22ClN3O2S. The van der Waals surface area contributed by atoms with Gasteiger partial charge in [0.2, 0.25) is 0 Å². The van der Waals surface area contributed by atoms with Gasteiger partial charge in [0.25, 0.3) is 0 Å². The third-order valence-electron chi connectivity index (χ3n) is 2.70. The van der Waals surface area contributed by atoms with Crippen molar-refractivity contribution in [3.8, 4) is 0 Å². The Morgan fingerprint density at radius 2 is 1.85 bits per heavy atom. The molecule has 0 unspecified atom stereocenters. The van der Waals surface area contributed by atoms with Gasteiger partial charge >= 0.3 is 10.2 Å². The van der Waals surface area contributed by atoms with Gasteiger partial charge in [-0.25, -0.2) is 0 Å². The summed E-state index contributed by atoms with van der Waals surface area (Å²) < 4.78 is 28.0. The van der Waals surface area contributed by atoms with E-state index < -0.39 is 10.2 Å². The van der Waals surface area contributed by atoms with Crippen molar-refractivity contribution in [1.29, 1.82) is 0 Å². The maximum Gasteiger partial charge on any atom is 0.301 e. The second-order valence-electron chi connectivity index (χ2n) is 4.90. The number of halogens is 1. The predicted octanol–water partition coefficient (Wildman–Crippen LogP) is 2.32. The Morgan fingerprint density at radius 1 is 1.25 bits per heavy atom. The monoisotopic (exact) mass is 319 g/mol. The highest BCUT2D eigenvalue weighted by Gasteiger charge is 2.16. The molecule has 2 N–H and O–H groups in total. The summed E-state index contributed by atoms with van der Waals surface area (Å²) in [6.45, 7) is 5.37. The van der Waals surface area contributed by atoms with Gasteiger partial charge in [-0.05, 0) is 37.2 Å². The zero-order valence-corrected chi connectivity index (χ0v) is 13.6. The van der Waals surface area contributed by atoms with Crippen LogP contribution in [0, 0.1) is 0 Å². The Morgan fingerprint density at radius 3 is 2.40 bits per heavy atom. The molecule has 0 atom stereocenters. The first kappa shape index (κ1) is 17.2. The SMILES string of the molecule is CC(C)NCCCN(C)S(=O)(=O)Nc1ccc(Cl)cc1. The lowest BCUT2D eigenvalue weighted by molar-refractivity contribution is 0.451. The van der Waals surface area contributed by atoms with Crippen molar-refractivity contribution in [2.75, 3.05) is 24.9 Å². The normalized spacial score (nSPS) is 12.1.